The summed E-state index contributed by atoms with van der Waals surface area (Å²) in [5.74, 6) is 1.11. The van der Waals surface area contributed by atoms with E-state index in [0.717, 1.165) is 29.8 Å². The number of aromatic nitrogens is 2. The van der Waals surface area contributed by atoms with E-state index < -0.39 is 10.0 Å². The van der Waals surface area contributed by atoms with E-state index in [2.05, 4.69) is 9.97 Å². The molecule has 1 aliphatic heterocycles. The molecule has 0 spiro atoms. The number of benzene rings is 1. The zero-order valence-corrected chi connectivity index (χ0v) is 13.4. The summed E-state index contributed by atoms with van der Waals surface area (Å²) in [6.45, 7) is 0.670. The zero-order chi connectivity index (χ0) is 15.7. The number of rotatable bonds is 4. The molecule has 2 aromatic rings. The van der Waals surface area contributed by atoms with Crippen molar-refractivity contribution in [3.8, 4) is 5.75 Å². The quantitative estimate of drug-likeness (QED) is 0.933. The summed E-state index contributed by atoms with van der Waals surface area (Å²) in [5.41, 5.74) is 2.70. The van der Waals surface area contributed by atoms with Crippen molar-refractivity contribution < 1.29 is 13.2 Å². The predicted octanol–water partition coefficient (Wildman–Crippen LogP) is 1.91. The largest absolute Gasteiger partial charge is 0.493 e. The van der Waals surface area contributed by atoms with Crippen molar-refractivity contribution in [2.45, 2.75) is 18.8 Å². The Hall–Kier alpha value is -2.02. The number of anilines is 1. The van der Waals surface area contributed by atoms with Gasteiger partial charge < -0.3 is 9.72 Å². The molecule has 7 heteroatoms. The molecular formula is C15H19N3O3S. The molecule has 0 saturated carbocycles. The number of sulfonamides is 1. The number of imidazole rings is 1. The third kappa shape index (κ3) is 2.94. The highest BCUT2D eigenvalue weighted by molar-refractivity contribution is 7.92. The highest BCUT2D eigenvalue weighted by atomic mass is 32.2. The van der Waals surface area contributed by atoms with Crippen molar-refractivity contribution in [2.75, 3.05) is 24.2 Å². The van der Waals surface area contributed by atoms with Crippen LogP contribution in [0.5, 0.6) is 5.75 Å². The second kappa shape index (κ2) is 5.64. The smallest absolute Gasteiger partial charge is 0.231 e. The van der Waals surface area contributed by atoms with E-state index in [0.29, 0.717) is 12.3 Å². The van der Waals surface area contributed by atoms with E-state index in [1.807, 2.05) is 18.3 Å². The minimum absolute atomic E-state index is 0.278. The van der Waals surface area contributed by atoms with Crippen molar-refractivity contribution in [3.05, 3.63) is 42.0 Å². The van der Waals surface area contributed by atoms with Crippen molar-refractivity contribution in [3.63, 3.8) is 0 Å². The van der Waals surface area contributed by atoms with Gasteiger partial charge >= 0.3 is 0 Å². The van der Waals surface area contributed by atoms with Crippen LogP contribution in [0.15, 0.2) is 30.7 Å². The zero-order valence-electron chi connectivity index (χ0n) is 12.6. The number of nitrogens with one attached hydrogen (secondary N) is 1. The third-order valence-electron chi connectivity index (χ3n) is 4.03. The summed E-state index contributed by atoms with van der Waals surface area (Å²) in [7, 11) is -1.72. The highest BCUT2D eigenvalue weighted by Gasteiger charge is 2.24. The fourth-order valence-electron chi connectivity index (χ4n) is 2.71. The molecule has 0 bridgehead atoms. The molecule has 0 aliphatic carbocycles. The Morgan fingerprint density at radius 2 is 2.27 bits per heavy atom. The maximum absolute atomic E-state index is 11.7. The third-order valence-corrected chi connectivity index (χ3v) is 5.23. The molecule has 22 heavy (non-hydrogen) atoms. The van der Waals surface area contributed by atoms with Gasteiger partial charge in [0, 0.05) is 13.2 Å². The molecular weight excluding hydrogens is 302 g/mol. The average Bonchev–Trinajstić information content (AvgIpc) is 2.98. The molecule has 6 nitrogen and oxygen atoms in total. The first-order chi connectivity index (χ1) is 10.4. The van der Waals surface area contributed by atoms with Gasteiger partial charge in [-0.3, -0.25) is 4.31 Å². The second-order valence-corrected chi connectivity index (χ2v) is 7.57. The molecule has 1 aromatic carbocycles. The van der Waals surface area contributed by atoms with Crippen molar-refractivity contribution >= 4 is 15.7 Å². The molecule has 0 fully saturated rings. The van der Waals surface area contributed by atoms with Crippen molar-refractivity contribution in [1.29, 1.82) is 0 Å². The van der Waals surface area contributed by atoms with Crippen LogP contribution in [0, 0.1) is 0 Å². The van der Waals surface area contributed by atoms with Gasteiger partial charge in [0.1, 0.15) is 5.75 Å². The lowest BCUT2D eigenvalue weighted by Crippen LogP contribution is -2.25. The van der Waals surface area contributed by atoms with Crippen molar-refractivity contribution in [2.24, 2.45) is 0 Å². The van der Waals surface area contributed by atoms with Gasteiger partial charge in [0.05, 0.1) is 30.6 Å². The first-order valence-corrected chi connectivity index (χ1v) is 8.98. The van der Waals surface area contributed by atoms with Crippen LogP contribution in [0.2, 0.25) is 0 Å². The first-order valence-electron chi connectivity index (χ1n) is 7.13. The molecule has 3 rings (SSSR count). The van der Waals surface area contributed by atoms with Crippen molar-refractivity contribution in [1.82, 2.24) is 9.97 Å². The Morgan fingerprint density at radius 1 is 1.45 bits per heavy atom. The highest BCUT2D eigenvalue weighted by Crippen LogP contribution is 2.38. The fraction of sp³-hybridized carbons (Fsp3) is 0.400. The summed E-state index contributed by atoms with van der Waals surface area (Å²) in [4.78, 5) is 7.24. The second-order valence-electron chi connectivity index (χ2n) is 5.55. The van der Waals surface area contributed by atoms with E-state index in [4.69, 9.17) is 4.74 Å². The molecule has 0 amide bonds. The Kier molecular flexibility index (Phi) is 3.82. The van der Waals surface area contributed by atoms with Gasteiger partial charge in [0.25, 0.3) is 0 Å². The molecule has 1 unspecified atom stereocenters. The van der Waals surface area contributed by atoms with E-state index in [1.54, 1.807) is 19.4 Å². The van der Waals surface area contributed by atoms with Crippen LogP contribution in [0.4, 0.5) is 5.69 Å². The normalized spacial score (nSPS) is 17.6. The Labute approximate surface area is 130 Å². The Morgan fingerprint density at radius 3 is 2.95 bits per heavy atom. The molecule has 1 aliphatic rings. The first kappa shape index (κ1) is 14.9. The standard InChI is InChI=1S/C15H19N3O3S/c1-18(22(2,19)20)13-3-4-15-14(8-13)11(5-6-21-15)7-12-9-16-10-17-12/h3-4,8-11H,5-7H2,1-2H3,(H,16,17). The summed E-state index contributed by atoms with van der Waals surface area (Å²) < 4.78 is 30.4. The predicted molar refractivity (Wildman–Crippen MR) is 84.8 cm³/mol. The Balaban J connectivity index is 1.94. The van der Waals surface area contributed by atoms with E-state index in [1.165, 1.54) is 10.6 Å². The minimum atomic E-state index is -3.27. The molecule has 1 atom stereocenters. The van der Waals surface area contributed by atoms with Gasteiger partial charge in [0.2, 0.25) is 10.0 Å². The Bertz CT molecular complexity index is 756. The van der Waals surface area contributed by atoms with Crippen LogP contribution in [0.1, 0.15) is 23.6 Å². The van der Waals surface area contributed by atoms with Crippen LogP contribution < -0.4 is 9.04 Å². The van der Waals surface area contributed by atoms with E-state index in [-0.39, 0.29) is 5.92 Å². The van der Waals surface area contributed by atoms with Crippen LogP contribution in [0.25, 0.3) is 0 Å². The molecule has 2 heterocycles. The molecule has 1 aromatic heterocycles. The van der Waals surface area contributed by atoms with Gasteiger partial charge in [-0.2, -0.15) is 0 Å². The summed E-state index contributed by atoms with van der Waals surface area (Å²) >= 11 is 0. The lowest BCUT2D eigenvalue weighted by molar-refractivity contribution is 0.266. The molecule has 0 radical (unpaired) electrons. The van der Waals surface area contributed by atoms with Crippen LogP contribution >= 0.6 is 0 Å². The number of ether oxygens (including phenoxy) is 1. The maximum Gasteiger partial charge on any atom is 0.231 e. The molecule has 0 saturated heterocycles. The lowest BCUT2D eigenvalue weighted by Gasteiger charge is -2.27. The van der Waals surface area contributed by atoms with Crippen LogP contribution in [-0.4, -0.2) is 38.3 Å². The van der Waals surface area contributed by atoms with Crippen LogP contribution in [0.3, 0.4) is 0 Å². The summed E-state index contributed by atoms with van der Waals surface area (Å²) in [6.07, 6.45) is 6.47. The summed E-state index contributed by atoms with van der Waals surface area (Å²) in [5, 5.41) is 0. The monoisotopic (exact) mass is 321 g/mol. The van der Waals surface area contributed by atoms with Gasteiger partial charge in [-0.25, -0.2) is 13.4 Å². The number of hydrogen-bond donors (Lipinski definition) is 1. The maximum atomic E-state index is 11.7. The molecule has 1 N–H and O–H groups in total. The fourth-order valence-corrected chi connectivity index (χ4v) is 3.20. The van der Waals surface area contributed by atoms with Gasteiger partial charge in [-0.15, -0.1) is 0 Å². The topological polar surface area (TPSA) is 75.3 Å². The van der Waals surface area contributed by atoms with Gasteiger partial charge in [-0.05, 0) is 42.5 Å². The summed E-state index contributed by atoms with van der Waals surface area (Å²) in [6, 6.07) is 5.53. The molecule has 118 valence electrons. The number of fused-ring (bicyclic) bond motifs is 1. The van der Waals surface area contributed by atoms with Gasteiger partial charge in [0.15, 0.2) is 0 Å². The minimum Gasteiger partial charge on any atom is -0.493 e. The van der Waals surface area contributed by atoms with Crippen LogP contribution in [-0.2, 0) is 16.4 Å². The van der Waals surface area contributed by atoms with E-state index >= 15 is 0 Å². The van der Waals surface area contributed by atoms with E-state index in [9.17, 15) is 8.42 Å². The number of aromatic amines is 1. The lowest BCUT2D eigenvalue weighted by atomic mass is 9.89. The number of hydrogen-bond acceptors (Lipinski definition) is 4. The average molecular weight is 321 g/mol. The number of nitrogens with zero attached hydrogens (tertiary/aromatic N) is 2. The number of H-pyrrole nitrogens is 1. The van der Waals surface area contributed by atoms with Gasteiger partial charge in [-0.1, -0.05) is 0 Å². The SMILES string of the molecule is CN(c1ccc2c(c1)C(Cc1c[nH]cn1)CCO2)S(C)(=O)=O.